The fourth-order valence-electron chi connectivity index (χ4n) is 2.23. The predicted octanol–water partition coefficient (Wildman–Crippen LogP) is -0.374. The second-order valence-electron chi connectivity index (χ2n) is 5.62. The van der Waals surface area contributed by atoms with Crippen molar-refractivity contribution in [2.45, 2.75) is 38.8 Å². The number of nitrogens with one attached hydrogen (secondary N) is 2. The van der Waals surface area contributed by atoms with Gasteiger partial charge in [-0.15, -0.1) is 0 Å². The highest BCUT2D eigenvalue weighted by Gasteiger charge is 2.20. The molecular weight excluding hydrogens is 282 g/mol. The summed E-state index contributed by atoms with van der Waals surface area (Å²) >= 11 is 0. The summed E-state index contributed by atoms with van der Waals surface area (Å²) in [6, 6.07) is 0.242. The first-order chi connectivity index (χ1) is 10.6. The summed E-state index contributed by atoms with van der Waals surface area (Å²) in [6.07, 6.45) is 4.47. The molecular formula is C14H25N7O. The van der Waals surface area contributed by atoms with Crippen LogP contribution in [-0.4, -0.2) is 64.8 Å². The number of rotatable bonds is 5. The molecule has 0 bridgehead atoms. The standard InChI is InChI=1S/C14H25N7O/c1-4-7-15-14(16-8-13(22)20(2)3)19-11-5-6-12-17-10-18-21(12)9-11/h10-11H,4-9H2,1-3H3,(H2,15,16,19). The molecule has 1 amide bonds. The Bertz CT molecular complexity index is 523. The molecule has 1 aromatic heterocycles. The van der Waals surface area contributed by atoms with E-state index in [0.29, 0.717) is 5.96 Å². The molecule has 122 valence electrons. The second kappa shape index (κ2) is 7.77. The fraction of sp³-hybridized carbons (Fsp3) is 0.714. The van der Waals surface area contributed by atoms with Crippen LogP contribution in [0.4, 0.5) is 0 Å². The molecule has 1 aromatic rings. The van der Waals surface area contributed by atoms with Crippen LogP contribution in [0.1, 0.15) is 25.6 Å². The topological polar surface area (TPSA) is 87.4 Å². The van der Waals surface area contributed by atoms with Crippen molar-refractivity contribution in [3.63, 3.8) is 0 Å². The Kier molecular flexibility index (Phi) is 5.74. The third kappa shape index (κ3) is 4.44. The summed E-state index contributed by atoms with van der Waals surface area (Å²) < 4.78 is 1.92. The Morgan fingerprint density at radius 3 is 3.09 bits per heavy atom. The van der Waals surface area contributed by atoms with E-state index in [1.54, 1.807) is 25.3 Å². The van der Waals surface area contributed by atoms with Gasteiger partial charge in [0, 0.05) is 33.1 Å². The molecule has 2 N–H and O–H groups in total. The summed E-state index contributed by atoms with van der Waals surface area (Å²) in [5.74, 6) is 1.70. The average molecular weight is 307 g/mol. The van der Waals surface area contributed by atoms with Gasteiger partial charge in [0.05, 0.1) is 6.54 Å². The summed E-state index contributed by atoms with van der Waals surface area (Å²) in [5, 5.41) is 10.9. The highest BCUT2D eigenvalue weighted by molar-refractivity contribution is 5.84. The number of carbonyl (C=O) groups excluding carboxylic acids is 1. The van der Waals surface area contributed by atoms with Crippen molar-refractivity contribution >= 4 is 11.9 Å². The van der Waals surface area contributed by atoms with Crippen molar-refractivity contribution in [3.8, 4) is 0 Å². The zero-order valence-corrected chi connectivity index (χ0v) is 13.5. The number of fused-ring (bicyclic) bond motifs is 1. The maximum Gasteiger partial charge on any atom is 0.243 e. The molecule has 0 radical (unpaired) electrons. The Balaban J connectivity index is 1.94. The molecule has 8 nitrogen and oxygen atoms in total. The van der Waals surface area contributed by atoms with Crippen LogP contribution < -0.4 is 10.6 Å². The minimum absolute atomic E-state index is 0.0141. The second-order valence-corrected chi connectivity index (χ2v) is 5.62. The van der Waals surface area contributed by atoms with E-state index in [1.165, 1.54) is 0 Å². The quantitative estimate of drug-likeness (QED) is 0.572. The van der Waals surface area contributed by atoms with Crippen LogP contribution in [-0.2, 0) is 17.8 Å². The van der Waals surface area contributed by atoms with E-state index in [0.717, 1.165) is 38.2 Å². The molecule has 0 aliphatic carbocycles. The van der Waals surface area contributed by atoms with Gasteiger partial charge in [0.25, 0.3) is 0 Å². The van der Waals surface area contributed by atoms with Crippen LogP contribution in [0.2, 0.25) is 0 Å². The lowest BCUT2D eigenvalue weighted by molar-refractivity contribution is -0.127. The average Bonchev–Trinajstić information content (AvgIpc) is 2.97. The molecule has 0 spiro atoms. The van der Waals surface area contributed by atoms with Gasteiger partial charge in [0.15, 0.2) is 5.96 Å². The van der Waals surface area contributed by atoms with Crippen LogP contribution in [0.15, 0.2) is 11.3 Å². The Morgan fingerprint density at radius 1 is 1.55 bits per heavy atom. The zero-order chi connectivity index (χ0) is 15.9. The largest absolute Gasteiger partial charge is 0.356 e. The molecule has 2 heterocycles. The van der Waals surface area contributed by atoms with E-state index in [2.05, 4.69) is 32.6 Å². The third-order valence-electron chi connectivity index (χ3n) is 3.56. The lowest BCUT2D eigenvalue weighted by Gasteiger charge is -2.25. The molecule has 1 aliphatic rings. The van der Waals surface area contributed by atoms with Gasteiger partial charge >= 0.3 is 0 Å². The van der Waals surface area contributed by atoms with E-state index in [-0.39, 0.29) is 18.5 Å². The maximum atomic E-state index is 11.7. The first-order valence-corrected chi connectivity index (χ1v) is 7.71. The van der Waals surface area contributed by atoms with Crippen LogP contribution in [0.25, 0.3) is 0 Å². The number of guanidine groups is 1. The molecule has 2 rings (SSSR count). The number of nitrogens with zero attached hydrogens (tertiary/aromatic N) is 5. The van der Waals surface area contributed by atoms with Gasteiger partial charge in [-0.3, -0.25) is 4.79 Å². The molecule has 0 fully saturated rings. The Morgan fingerprint density at radius 2 is 2.36 bits per heavy atom. The van der Waals surface area contributed by atoms with Crippen LogP contribution in [0.5, 0.6) is 0 Å². The van der Waals surface area contributed by atoms with Gasteiger partial charge in [0.1, 0.15) is 18.7 Å². The van der Waals surface area contributed by atoms with Gasteiger partial charge in [-0.2, -0.15) is 5.10 Å². The summed E-state index contributed by atoms with van der Waals surface area (Å²) in [4.78, 5) is 21.8. The smallest absolute Gasteiger partial charge is 0.243 e. The summed E-state index contributed by atoms with van der Waals surface area (Å²) in [5.41, 5.74) is 0. The zero-order valence-electron chi connectivity index (χ0n) is 13.5. The minimum Gasteiger partial charge on any atom is -0.356 e. The van der Waals surface area contributed by atoms with E-state index >= 15 is 0 Å². The van der Waals surface area contributed by atoms with Crippen molar-refractivity contribution in [3.05, 3.63) is 12.2 Å². The van der Waals surface area contributed by atoms with Crippen LogP contribution in [0.3, 0.4) is 0 Å². The van der Waals surface area contributed by atoms with Gasteiger partial charge in [-0.05, 0) is 12.8 Å². The molecule has 1 aliphatic heterocycles. The lowest BCUT2D eigenvalue weighted by atomic mass is 10.1. The molecule has 8 heteroatoms. The molecule has 22 heavy (non-hydrogen) atoms. The van der Waals surface area contributed by atoms with E-state index in [9.17, 15) is 4.79 Å². The van der Waals surface area contributed by atoms with E-state index < -0.39 is 0 Å². The van der Waals surface area contributed by atoms with Crippen molar-refractivity contribution in [1.29, 1.82) is 0 Å². The fourth-order valence-corrected chi connectivity index (χ4v) is 2.23. The van der Waals surface area contributed by atoms with E-state index in [1.807, 2.05) is 4.68 Å². The molecule has 0 saturated carbocycles. The number of hydrogen-bond donors (Lipinski definition) is 2. The molecule has 1 atom stereocenters. The minimum atomic E-state index is -0.0141. The number of aryl methyl sites for hydroxylation is 1. The summed E-state index contributed by atoms with van der Waals surface area (Å²) in [7, 11) is 3.47. The normalized spacial score (nSPS) is 17.8. The Hall–Kier alpha value is -2.12. The molecule has 1 unspecified atom stereocenters. The van der Waals surface area contributed by atoms with Crippen molar-refractivity contribution in [2.24, 2.45) is 4.99 Å². The van der Waals surface area contributed by atoms with Gasteiger partial charge in [-0.1, -0.05) is 6.92 Å². The van der Waals surface area contributed by atoms with Gasteiger partial charge < -0.3 is 15.5 Å². The van der Waals surface area contributed by atoms with Gasteiger partial charge in [0.2, 0.25) is 5.91 Å². The van der Waals surface area contributed by atoms with Crippen molar-refractivity contribution < 1.29 is 4.79 Å². The van der Waals surface area contributed by atoms with Crippen molar-refractivity contribution in [1.82, 2.24) is 30.3 Å². The first kappa shape index (κ1) is 16.3. The van der Waals surface area contributed by atoms with Gasteiger partial charge in [-0.25, -0.2) is 14.7 Å². The highest BCUT2D eigenvalue weighted by atomic mass is 16.2. The molecule has 0 saturated heterocycles. The predicted molar refractivity (Wildman–Crippen MR) is 84.6 cm³/mol. The monoisotopic (exact) mass is 307 g/mol. The maximum absolute atomic E-state index is 11.7. The molecule has 0 aromatic carbocycles. The van der Waals surface area contributed by atoms with Crippen LogP contribution in [0, 0.1) is 0 Å². The van der Waals surface area contributed by atoms with Crippen LogP contribution >= 0.6 is 0 Å². The van der Waals surface area contributed by atoms with E-state index in [4.69, 9.17) is 0 Å². The number of likely N-dealkylation sites (N-methyl/N-ethyl adjacent to an activating group) is 1. The number of aromatic nitrogens is 3. The third-order valence-corrected chi connectivity index (χ3v) is 3.56. The number of hydrogen-bond acceptors (Lipinski definition) is 4. The number of carbonyl (C=O) groups is 1. The Labute approximate surface area is 131 Å². The lowest BCUT2D eigenvalue weighted by Crippen LogP contribution is -2.47. The SMILES string of the molecule is CCCNC(=NCC(=O)N(C)C)NC1CCc2ncnn2C1. The first-order valence-electron chi connectivity index (χ1n) is 7.71. The van der Waals surface area contributed by atoms with Crippen molar-refractivity contribution in [2.75, 3.05) is 27.2 Å². The summed E-state index contributed by atoms with van der Waals surface area (Å²) in [6.45, 7) is 3.83. The highest BCUT2D eigenvalue weighted by Crippen LogP contribution is 2.11. The number of amides is 1. The number of aliphatic imine (C=N–C) groups is 1.